The van der Waals surface area contributed by atoms with Crippen molar-refractivity contribution in [1.29, 1.82) is 0 Å². The van der Waals surface area contributed by atoms with E-state index in [0.717, 1.165) is 38.8 Å². The molecule has 0 radical (unpaired) electrons. The van der Waals surface area contributed by atoms with Crippen molar-refractivity contribution in [3.8, 4) is 0 Å². The molecule has 0 aliphatic carbocycles. The second-order valence-corrected chi connectivity index (χ2v) is 5.94. The van der Waals surface area contributed by atoms with E-state index in [1.807, 2.05) is 11.8 Å². The minimum atomic E-state index is -0.537. The van der Waals surface area contributed by atoms with Crippen LogP contribution in [0.25, 0.3) is 0 Å². The molecule has 0 saturated carbocycles. The molecule has 2 aliphatic rings. The van der Waals surface area contributed by atoms with Gasteiger partial charge in [0.2, 0.25) is 5.91 Å². The second kappa shape index (κ2) is 5.57. The number of hydrogen-bond donors (Lipinski definition) is 1. The van der Waals surface area contributed by atoms with Gasteiger partial charge in [0.25, 0.3) is 0 Å². The second-order valence-electron chi connectivity index (χ2n) is 5.94. The molecule has 2 aliphatic heterocycles. The topological polar surface area (TPSA) is 43.8 Å². The molecule has 2 fully saturated rings. The number of amides is 1. The molecule has 0 bridgehead atoms. The predicted octanol–water partition coefficient (Wildman–Crippen LogP) is 1.23. The smallest absolute Gasteiger partial charge is 0.239 e. The standard InChI is InChI=1S/C14H26N2O2/c1-3-7-14(18)10-16(11-14)12(2)13(17)15-8-5-4-6-9-15/h12,18H,3-11H2,1-2H3. The van der Waals surface area contributed by atoms with Crippen LogP contribution in [0.15, 0.2) is 0 Å². The van der Waals surface area contributed by atoms with Crippen molar-refractivity contribution in [3.63, 3.8) is 0 Å². The van der Waals surface area contributed by atoms with Crippen molar-refractivity contribution < 1.29 is 9.90 Å². The van der Waals surface area contributed by atoms with E-state index in [1.165, 1.54) is 6.42 Å². The third-order valence-electron chi connectivity index (χ3n) is 4.28. The molecule has 2 heterocycles. The molecule has 0 aromatic carbocycles. The number of carbonyl (C=O) groups excluding carboxylic acids is 1. The first-order valence-electron chi connectivity index (χ1n) is 7.31. The van der Waals surface area contributed by atoms with Crippen LogP contribution in [0.1, 0.15) is 46.0 Å². The molecule has 1 atom stereocenters. The van der Waals surface area contributed by atoms with Gasteiger partial charge in [-0.1, -0.05) is 13.3 Å². The Bertz CT molecular complexity index is 294. The first-order valence-corrected chi connectivity index (χ1v) is 7.31. The fourth-order valence-electron chi connectivity index (χ4n) is 3.14. The lowest BCUT2D eigenvalue weighted by molar-refractivity contribution is -0.152. The minimum Gasteiger partial charge on any atom is -0.387 e. The number of β-amino-alcohol motifs (C(OH)–C–C–N with tert-alkyl or cyclic N) is 1. The zero-order valence-electron chi connectivity index (χ0n) is 11.7. The van der Waals surface area contributed by atoms with E-state index >= 15 is 0 Å². The maximum absolute atomic E-state index is 12.3. The Morgan fingerprint density at radius 2 is 1.89 bits per heavy atom. The summed E-state index contributed by atoms with van der Waals surface area (Å²) in [6.45, 7) is 7.20. The van der Waals surface area contributed by atoms with Crippen LogP contribution in [-0.2, 0) is 4.79 Å². The summed E-state index contributed by atoms with van der Waals surface area (Å²) in [7, 11) is 0. The molecule has 2 saturated heterocycles. The number of hydrogen-bond acceptors (Lipinski definition) is 3. The molecule has 0 spiro atoms. The fraction of sp³-hybridized carbons (Fsp3) is 0.929. The van der Waals surface area contributed by atoms with Gasteiger partial charge in [0.1, 0.15) is 0 Å². The van der Waals surface area contributed by atoms with E-state index in [4.69, 9.17) is 0 Å². The molecule has 4 nitrogen and oxygen atoms in total. The highest BCUT2D eigenvalue weighted by atomic mass is 16.3. The van der Waals surface area contributed by atoms with Crippen molar-refractivity contribution in [2.24, 2.45) is 0 Å². The Labute approximate surface area is 110 Å². The highest BCUT2D eigenvalue weighted by molar-refractivity contribution is 5.81. The molecule has 1 unspecified atom stereocenters. The zero-order chi connectivity index (χ0) is 13.2. The zero-order valence-corrected chi connectivity index (χ0v) is 11.7. The lowest BCUT2D eigenvalue weighted by atomic mass is 9.88. The van der Waals surface area contributed by atoms with Crippen LogP contribution in [0.4, 0.5) is 0 Å². The number of nitrogens with zero attached hydrogens (tertiary/aromatic N) is 2. The summed E-state index contributed by atoms with van der Waals surface area (Å²) in [5, 5.41) is 10.2. The molecule has 104 valence electrons. The summed E-state index contributed by atoms with van der Waals surface area (Å²) in [5.41, 5.74) is -0.537. The van der Waals surface area contributed by atoms with E-state index in [2.05, 4.69) is 11.8 Å². The van der Waals surface area contributed by atoms with Crippen molar-refractivity contribution in [2.45, 2.75) is 57.6 Å². The summed E-state index contributed by atoms with van der Waals surface area (Å²) in [6.07, 6.45) is 5.36. The molecule has 4 heteroatoms. The SMILES string of the molecule is CCCC1(O)CN(C(C)C(=O)N2CCCCC2)C1. The van der Waals surface area contributed by atoms with Crippen molar-refractivity contribution in [3.05, 3.63) is 0 Å². The first kappa shape index (κ1) is 13.8. The lowest BCUT2D eigenvalue weighted by Gasteiger charge is -2.49. The quantitative estimate of drug-likeness (QED) is 0.821. The highest BCUT2D eigenvalue weighted by Gasteiger charge is 2.44. The maximum Gasteiger partial charge on any atom is 0.239 e. The van der Waals surface area contributed by atoms with Crippen LogP contribution in [0.3, 0.4) is 0 Å². The average molecular weight is 254 g/mol. The number of piperidine rings is 1. The maximum atomic E-state index is 12.3. The van der Waals surface area contributed by atoms with Crippen LogP contribution in [0, 0.1) is 0 Å². The third-order valence-corrected chi connectivity index (χ3v) is 4.28. The van der Waals surface area contributed by atoms with Gasteiger partial charge in [0.05, 0.1) is 11.6 Å². The number of aliphatic hydroxyl groups is 1. The lowest BCUT2D eigenvalue weighted by Crippen LogP contribution is -2.66. The average Bonchev–Trinajstić information content (AvgIpc) is 2.35. The molecule has 0 aromatic heterocycles. The van der Waals surface area contributed by atoms with Gasteiger partial charge in [-0.25, -0.2) is 0 Å². The molecule has 0 aromatic rings. The van der Waals surface area contributed by atoms with E-state index < -0.39 is 5.60 Å². The third kappa shape index (κ3) is 2.86. The van der Waals surface area contributed by atoms with Crippen molar-refractivity contribution >= 4 is 5.91 Å². The summed E-state index contributed by atoms with van der Waals surface area (Å²) in [4.78, 5) is 16.4. The summed E-state index contributed by atoms with van der Waals surface area (Å²) in [5.74, 6) is 0.244. The Hall–Kier alpha value is -0.610. The molecular weight excluding hydrogens is 228 g/mol. The van der Waals surface area contributed by atoms with E-state index in [1.54, 1.807) is 0 Å². The van der Waals surface area contributed by atoms with Crippen LogP contribution in [-0.4, -0.2) is 58.6 Å². The van der Waals surface area contributed by atoms with Gasteiger partial charge in [-0.15, -0.1) is 0 Å². The Balaban J connectivity index is 1.81. The van der Waals surface area contributed by atoms with Gasteiger partial charge in [0, 0.05) is 26.2 Å². The van der Waals surface area contributed by atoms with E-state index in [9.17, 15) is 9.90 Å². The van der Waals surface area contributed by atoms with Gasteiger partial charge < -0.3 is 10.0 Å². The van der Waals surface area contributed by atoms with Crippen molar-refractivity contribution in [2.75, 3.05) is 26.2 Å². The molecule has 1 amide bonds. The Kier molecular flexibility index (Phi) is 4.28. The van der Waals surface area contributed by atoms with E-state index in [0.29, 0.717) is 13.1 Å². The van der Waals surface area contributed by atoms with Crippen LogP contribution >= 0.6 is 0 Å². The number of likely N-dealkylation sites (tertiary alicyclic amines) is 2. The monoisotopic (exact) mass is 254 g/mol. The molecule has 1 N–H and O–H groups in total. The first-order chi connectivity index (χ1) is 8.56. The minimum absolute atomic E-state index is 0.0692. The largest absolute Gasteiger partial charge is 0.387 e. The number of rotatable bonds is 4. The summed E-state index contributed by atoms with van der Waals surface area (Å²) < 4.78 is 0. The number of carbonyl (C=O) groups is 1. The summed E-state index contributed by atoms with van der Waals surface area (Å²) in [6, 6.07) is -0.0692. The Morgan fingerprint density at radius 1 is 1.28 bits per heavy atom. The Morgan fingerprint density at radius 3 is 2.44 bits per heavy atom. The van der Waals surface area contributed by atoms with Crippen LogP contribution < -0.4 is 0 Å². The molecule has 18 heavy (non-hydrogen) atoms. The normalized spacial score (nSPS) is 25.6. The van der Waals surface area contributed by atoms with Gasteiger partial charge in [-0.3, -0.25) is 9.69 Å². The predicted molar refractivity (Wildman–Crippen MR) is 71.3 cm³/mol. The van der Waals surface area contributed by atoms with Gasteiger partial charge >= 0.3 is 0 Å². The van der Waals surface area contributed by atoms with Crippen LogP contribution in [0.2, 0.25) is 0 Å². The van der Waals surface area contributed by atoms with E-state index in [-0.39, 0.29) is 11.9 Å². The van der Waals surface area contributed by atoms with Gasteiger partial charge in [-0.2, -0.15) is 0 Å². The highest BCUT2D eigenvalue weighted by Crippen LogP contribution is 2.28. The fourth-order valence-corrected chi connectivity index (χ4v) is 3.14. The van der Waals surface area contributed by atoms with Crippen molar-refractivity contribution in [1.82, 2.24) is 9.80 Å². The van der Waals surface area contributed by atoms with Gasteiger partial charge in [-0.05, 0) is 32.6 Å². The van der Waals surface area contributed by atoms with Gasteiger partial charge in [0.15, 0.2) is 0 Å². The van der Waals surface area contributed by atoms with Crippen LogP contribution in [0.5, 0.6) is 0 Å². The molecular formula is C14H26N2O2. The molecule has 2 rings (SSSR count). The summed E-state index contributed by atoms with van der Waals surface area (Å²) >= 11 is 0.